The summed E-state index contributed by atoms with van der Waals surface area (Å²) < 4.78 is 0. The van der Waals surface area contributed by atoms with Gasteiger partial charge < -0.3 is 31.7 Å². The van der Waals surface area contributed by atoms with Crippen LogP contribution in [0, 0.1) is 6.92 Å². The largest absolute Gasteiger partial charge is 0.480 e. The average Bonchev–Trinajstić information content (AvgIpc) is 3.73. The van der Waals surface area contributed by atoms with E-state index in [4.69, 9.17) is 0 Å². The highest BCUT2D eigenvalue weighted by Crippen LogP contribution is 2.20. The Morgan fingerprint density at radius 3 is 1.70 bits per heavy atom. The van der Waals surface area contributed by atoms with Crippen LogP contribution in [-0.2, 0) is 48.0 Å². The van der Waals surface area contributed by atoms with Crippen molar-refractivity contribution in [3.63, 3.8) is 0 Å². The molecule has 0 aliphatic rings. The summed E-state index contributed by atoms with van der Waals surface area (Å²) in [6.45, 7) is 1.29. The molecule has 57 heavy (non-hydrogen) atoms. The fraction of sp³-hybridized carbons (Fsp3) is 0.227. The number of hydrogen-bond acceptors (Lipinski definition) is 7. The Morgan fingerprint density at radius 2 is 1.11 bits per heavy atom. The maximum absolute atomic E-state index is 14.2. The topological polar surface area (TPSA) is 183 Å². The number of carbonyl (C=O) groups is 6. The van der Waals surface area contributed by atoms with E-state index in [-0.39, 0.29) is 38.0 Å². The summed E-state index contributed by atoms with van der Waals surface area (Å²) in [5.41, 5.74) is 5.03. The first kappa shape index (κ1) is 41.6. The third-order valence-corrected chi connectivity index (χ3v) is 9.91. The van der Waals surface area contributed by atoms with E-state index in [1.165, 1.54) is 11.3 Å². The van der Waals surface area contributed by atoms with Gasteiger partial charge in [0.1, 0.15) is 24.7 Å². The zero-order valence-electron chi connectivity index (χ0n) is 31.4. The van der Waals surface area contributed by atoms with Crippen LogP contribution in [0.4, 0.5) is 5.69 Å². The summed E-state index contributed by atoms with van der Waals surface area (Å²) in [5, 5.41) is 24.5. The van der Waals surface area contributed by atoms with Crippen LogP contribution in [0.2, 0.25) is 0 Å². The van der Waals surface area contributed by atoms with E-state index in [0.717, 1.165) is 27.1 Å². The van der Waals surface area contributed by atoms with Gasteiger partial charge in [0.2, 0.25) is 29.5 Å². The highest BCUT2D eigenvalue weighted by atomic mass is 32.1. The van der Waals surface area contributed by atoms with Crippen molar-refractivity contribution in [3.8, 4) is 11.1 Å². The molecule has 0 aliphatic heterocycles. The van der Waals surface area contributed by atoms with Gasteiger partial charge in [0.15, 0.2) is 0 Å². The molecule has 0 bridgehead atoms. The van der Waals surface area contributed by atoms with E-state index in [0.29, 0.717) is 11.3 Å². The van der Waals surface area contributed by atoms with Crippen molar-refractivity contribution in [2.24, 2.45) is 0 Å². The molecule has 0 radical (unpaired) electrons. The summed E-state index contributed by atoms with van der Waals surface area (Å²) >= 11 is 1.40. The quantitative estimate of drug-likeness (QED) is 0.0694. The van der Waals surface area contributed by atoms with Crippen LogP contribution in [0.1, 0.15) is 34.4 Å². The molecule has 13 heteroatoms. The summed E-state index contributed by atoms with van der Waals surface area (Å²) in [4.78, 5) is 79.5. The predicted octanol–water partition coefficient (Wildman–Crippen LogP) is 4.83. The molecule has 0 spiro atoms. The van der Waals surface area contributed by atoms with Crippen molar-refractivity contribution in [1.82, 2.24) is 21.3 Å². The normalized spacial score (nSPS) is 12.3. The van der Waals surface area contributed by atoms with Crippen molar-refractivity contribution < 1.29 is 33.9 Å². The van der Waals surface area contributed by atoms with Gasteiger partial charge in [0.05, 0.1) is 0 Å². The monoisotopic (exact) mass is 787 g/mol. The standard InChI is InChI=1S/C44H45N5O7S/c1-29-14-20-34(21-15-29)46-39(50)22-23-40(51)47-38(27-35-13-8-24-57-35)44(56)49-37(26-31-16-18-33(19-17-31)32-11-6-3-7-12-32)43(55)48-36(42(54)45-28-41(52)53)25-30-9-4-2-5-10-30/h2-21,24,36-38H,22-23,25-28H2,1H3,(H,45,54)(H,46,50)(H,47,51)(H,48,55)(H,49,56)(H,52,53)/t36-,37-,38-/m1/s1. The second-order valence-corrected chi connectivity index (χ2v) is 14.5. The molecule has 5 rings (SSSR count). The third-order valence-electron chi connectivity index (χ3n) is 9.01. The van der Waals surface area contributed by atoms with Crippen LogP contribution < -0.4 is 26.6 Å². The number of nitrogens with one attached hydrogen (secondary N) is 5. The lowest BCUT2D eigenvalue weighted by Gasteiger charge is -2.25. The Hall–Kier alpha value is -6.60. The number of thiophene rings is 1. The number of carboxylic acids is 1. The maximum atomic E-state index is 14.2. The van der Waals surface area contributed by atoms with Gasteiger partial charge in [0, 0.05) is 42.7 Å². The van der Waals surface area contributed by atoms with Gasteiger partial charge >= 0.3 is 5.97 Å². The van der Waals surface area contributed by atoms with Crippen LogP contribution in [0.25, 0.3) is 11.1 Å². The number of anilines is 1. The first-order valence-electron chi connectivity index (χ1n) is 18.5. The first-order valence-corrected chi connectivity index (χ1v) is 19.4. The maximum Gasteiger partial charge on any atom is 0.322 e. The molecule has 1 heterocycles. The summed E-state index contributed by atoms with van der Waals surface area (Å²) in [7, 11) is 0. The van der Waals surface area contributed by atoms with Crippen LogP contribution in [0.3, 0.4) is 0 Å². The van der Waals surface area contributed by atoms with E-state index in [1.807, 2.05) is 97.2 Å². The summed E-state index contributed by atoms with van der Waals surface area (Å²) in [6.07, 6.45) is -0.0987. The van der Waals surface area contributed by atoms with Crippen molar-refractivity contribution in [2.75, 3.05) is 11.9 Å². The molecule has 5 aromatic rings. The van der Waals surface area contributed by atoms with Crippen molar-refractivity contribution in [3.05, 3.63) is 148 Å². The van der Waals surface area contributed by atoms with Crippen LogP contribution in [0.5, 0.6) is 0 Å². The zero-order chi connectivity index (χ0) is 40.6. The molecule has 12 nitrogen and oxygen atoms in total. The minimum absolute atomic E-state index is 0.0281. The highest BCUT2D eigenvalue weighted by Gasteiger charge is 2.31. The number of rotatable bonds is 19. The van der Waals surface area contributed by atoms with Crippen molar-refractivity contribution in [1.29, 1.82) is 0 Å². The van der Waals surface area contributed by atoms with Gasteiger partial charge in [0.25, 0.3) is 0 Å². The van der Waals surface area contributed by atoms with Crippen LogP contribution in [-0.4, -0.2) is 65.3 Å². The van der Waals surface area contributed by atoms with Crippen LogP contribution >= 0.6 is 11.3 Å². The highest BCUT2D eigenvalue weighted by molar-refractivity contribution is 7.09. The Bertz CT molecular complexity index is 2110. The van der Waals surface area contributed by atoms with Gasteiger partial charge in [-0.1, -0.05) is 109 Å². The third kappa shape index (κ3) is 13.6. The lowest BCUT2D eigenvalue weighted by atomic mass is 9.99. The van der Waals surface area contributed by atoms with E-state index in [2.05, 4.69) is 26.6 Å². The lowest BCUT2D eigenvalue weighted by molar-refractivity contribution is -0.138. The molecule has 0 unspecified atom stereocenters. The molecule has 3 atom stereocenters. The van der Waals surface area contributed by atoms with Crippen molar-refractivity contribution in [2.45, 2.75) is 57.2 Å². The van der Waals surface area contributed by atoms with Crippen LogP contribution in [0.15, 0.2) is 127 Å². The van der Waals surface area contributed by atoms with E-state index in [9.17, 15) is 33.9 Å². The number of aliphatic carboxylic acids is 1. The minimum atomic E-state index is -1.25. The molecule has 4 aromatic carbocycles. The van der Waals surface area contributed by atoms with Gasteiger partial charge in [-0.15, -0.1) is 11.3 Å². The number of amides is 5. The molecule has 1 aromatic heterocycles. The van der Waals surface area contributed by atoms with Gasteiger partial charge in [-0.3, -0.25) is 28.8 Å². The smallest absolute Gasteiger partial charge is 0.322 e. The van der Waals surface area contributed by atoms with E-state index >= 15 is 0 Å². The second-order valence-electron chi connectivity index (χ2n) is 13.5. The average molecular weight is 788 g/mol. The number of benzene rings is 4. The molecular formula is C44H45N5O7S. The Kier molecular flexibility index (Phi) is 15.2. The Labute approximate surface area is 335 Å². The van der Waals surface area contributed by atoms with Gasteiger partial charge in [-0.2, -0.15) is 0 Å². The van der Waals surface area contributed by atoms with Gasteiger partial charge in [-0.25, -0.2) is 0 Å². The molecular weight excluding hydrogens is 743 g/mol. The number of hydrogen-bond donors (Lipinski definition) is 6. The minimum Gasteiger partial charge on any atom is -0.480 e. The number of aryl methyl sites for hydroxylation is 1. The molecule has 294 valence electrons. The predicted molar refractivity (Wildman–Crippen MR) is 219 cm³/mol. The summed E-state index contributed by atoms with van der Waals surface area (Å²) in [6, 6.07) is 33.6. The second kappa shape index (κ2) is 20.9. The molecule has 5 amide bonds. The SMILES string of the molecule is Cc1ccc(NC(=O)CCC(=O)N[C@H](Cc2cccs2)C(=O)N[C@H](Cc2ccc(-c3ccccc3)cc2)C(=O)N[C@H](Cc2ccccc2)C(=O)NCC(=O)O)cc1. The number of carboxylic acid groups (broad SMARTS) is 1. The molecule has 0 fully saturated rings. The fourth-order valence-electron chi connectivity index (χ4n) is 5.99. The van der Waals surface area contributed by atoms with E-state index < -0.39 is 54.3 Å². The molecule has 0 aliphatic carbocycles. The molecule has 6 N–H and O–H groups in total. The first-order chi connectivity index (χ1) is 27.5. The molecule has 0 saturated carbocycles. The number of carbonyl (C=O) groups excluding carboxylic acids is 5. The van der Waals surface area contributed by atoms with Crippen molar-refractivity contribution >= 4 is 52.5 Å². The fourth-order valence-corrected chi connectivity index (χ4v) is 6.74. The molecule has 0 saturated heterocycles. The lowest BCUT2D eigenvalue weighted by Crippen LogP contribution is -2.58. The van der Waals surface area contributed by atoms with Gasteiger partial charge in [-0.05, 0) is 52.8 Å². The van der Waals surface area contributed by atoms with E-state index in [1.54, 1.807) is 36.4 Å². The zero-order valence-corrected chi connectivity index (χ0v) is 32.2. The summed E-state index contributed by atoms with van der Waals surface area (Å²) in [5.74, 6) is -4.17. The Balaban J connectivity index is 1.35. The Morgan fingerprint density at radius 1 is 0.561 bits per heavy atom.